The maximum absolute atomic E-state index is 13.2. The van der Waals surface area contributed by atoms with E-state index in [1.54, 1.807) is 0 Å². The van der Waals surface area contributed by atoms with E-state index < -0.39 is 5.82 Å². The zero-order valence-electron chi connectivity index (χ0n) is 14.9. The zero-order chi connectivity index (χ0) is 19.4. The molecule has 0 saturated carbocycles. The average molecular weight is 405 g/mol. The fraction of sp³-hybridized carbons (Fsp3) is 0.211. The van der Waals surface area contributed by atoms with Crippen LogP contribution in [-0.2, 0) is 11.2 Å². The van der Waals surface area contributed by atoms with Crippen LogP contribution in [0.2, 0.25) is 5.02 Å². The summed E-state index contributed by atoms with van der Waals surface area (Å²) in [6.45, 7) is 3.97. The lowest BCUT2D eigenvalue weighted by molar-refractivity contribution is -0.113. The first-order valence-corrected chi connectivity index (χ1v) is 9.73. The molecule has 0 atom stereocenters. The smallest absolute Gasteiger partial charge is 0.234 e. The number of halogens is 2. The van der Waals surface area contributed by atoms with Crippen LogP contribution in [0.1, 0.15) is 18.3 Å². The highest BCUT2D eigenvalue weighted by Gasteiger charge is 2.14. The van der Waals surface area contributed by atoms with E-state index in [4.69, 9.17) is 11.6 Å². The summed E-state index contributed by atoms with van der Waals surface area (Å²) in [4.78, 5) is 12.2. The van der Waals surface area contributed by atoms with Gasteiger partial charge in [0.15, 0.2) is 5.16 Å². The standard InChI is InChI=1S/C19H18ClFN4OS/c1-3-13-4-7-15(8-5-13)25-12(2)23-24-19(25)27-11-18(26)22-14-6-9-17(21)16(20)10-14/h4-10H,3,11H2,1-2H3,(H,22,26). The number of amides is 1. The predicted octanol–water partition coefficient (Wildman–Crippen LogP) is 4.66. The van der Waals surface area contributed by atoms with Crippen LogP contribution < -0.4 is 5.32 Å². The quantitative estimate of drug-likeness (QED) is 0.607. The number of benzene rings is 2. The third kappa shape index (κ3) is 4.67. The number of hydrogen-bond donors (Lipinski definition) is 1. The van der Waals surface area contributed by atoms with Gasteiger partial charge in [-0.3, -0.25) is 9.36 Å². The van der Waals surface area contributed by atoms with Crippen LogP contribution in [0.25, 0.3) is 5.69 Å². The van der Waals surface area contributed by atoms with Crippen molar-refractivity contribution in [2.45, 2.75) is 25.4 Å². The summed E-state index contributed by atoms with van der Waals surface area (Å²) in [7, 11) is 0. The summed E-state index contributed by atoms with van der Waals surface area (Å²) in [6.07, 6.45) is 0.969. The summed E-state index contributed by atoms with van der Waals surface area (Å²) in [6, 6.07) is 12.2. The monoisotopic (exact) mass is 404 g/mol. The lowest BCUT2D eigenvalue weighted by atomic mass is 10.1. The van der Waals surface area contributed by atoms with Crippen LogP contribution in [0.4, 0.5) is 10.1 Å². The molecule has 0 spiro atoms. The molecule has 2 aromatic carbocycles. The fourth-order valence-corrected chi connectivity index (χ4v) is 3.49. The van der Waals surface area contributed by atoms with Crippen LogP contribution in [0, 0.1) is 12.7 Å². The van der Waals surface area contributed by atoms with Gasteiger partial charge in [0.25, 0.3) is 0 Å². The Morgan fingerprint density at radius 3 is 2.63 bits per heavy atom. The molecular weight excluding hydrogens is 387 g/mol. The minimum atomic E-state index is -0.526. The van der Waals surface area contributed by atoms with Crippen molar-refractivity contribution in [3.63, 3.8) is 0 Å². The SMILES string of the molecule is CCc1ccc(-n2c(C)nnc2SCC(=O)Nc2ccc(F)c(Cl)c2)cc1. The van der Waals surface area contributed by atoms with Crippen molar-refractivity contribution < 1.29 is 9.18 Å². The first-order chi connectivity index (χ1) is 13.0. The number of carbonyl (C=O) groups excluding carboxylic acids is 1. The second-order valence-electron chi connectivity index (χ2n) is 5.85. The molecule has 3 aromatic rings. The van der Waals surface area contributed by atoms with Gasteiger partial charge >= 0.3 is 0 Å². The van der Waals surface area contributed by atoms with Gasteiger partial charge in [-0.2, -0.15) is 0 Å². The number of anilines is 1. The second kappa shape index (κ2) is 8.54. The summed E-state index contributed by atoms with van der Waals surface area (Å²) in [5, 5.41) is 11.6. The van der Waals surface area contributed by atoms with E-state index in [9.17, 15) is 9.18 Å². The summed E-state index contributed by atoms with van der Waals surface area (Å²) in [5.74, 6) is 0.116. The Morgan fingerprint density at radius 1 is 1.22 bits per heavy atom. The number of nitrogens with zero attached hydrogens (tertiary/aromatic N) is 3. The fourth-order valence-electron chi connectivity index (χ4n) is 2.52. The van der Waals surface area contributed by atoms with Gasteiger partial charge in [-0.15, -0.1) is 10.2 Å². The van der Waals surface area contributed by atoms with Gasteiger partial charge in [0.05, 0.1) is 10.8 Å². The van der Waals surface area contributed by atoms with Crippen LogP contribution in [-0.4, -0.2) is 26.4 Å². The van der Waals surface area contributed by atoms with Crippen molar-refractivity contribution in [3.05, 3.63) is 64.7 Å². The molecule has 27 heavy (non-hydrogen) atoms. The number of thioether (sulfide) groups is 1. The molecule has 0 unspecified atom stereocenters. The molecule has 1 heterocycles. The van der Waals surface area contributed by atoms with E-state index in [1.807, 2.05) is 23.6 Å². The Bertz CT molecular complexity index is 959. The van der Waals surface area contributed by atoms with E-state index >= 15 is 0 Å². The minimum Gasteiger partial charge on any atom is -0.325 e. The predicted molar refractivity (Wildman–Crippen MR) is 106 cm³/mol. The summed E-state index contributed by atoms with van der Waals surface area (Å²) < 4.78 is 15.1. The van der Waals surface area contributed by atoms with Gasteiger partial charge in [-0.05, 0) is 49.2 Å². The molecule has 8 heteroatoms. The van der Waals surface area contributed by atoms with Gasteiger partial charge in [0, 0.05) is 11.4 Å². The van der Waals surface area contributed by atoms with E-state index in [0.29, 0.717) is 10.8 Å². The Hall–Kier alpha value is -2.38. The van der Waals surface area contributed by atoms with Crippen molar-refractivity contribution in [2.24, 2.45) is 0 Å². The van der Waals surface area contributed by atoms with Crippen LogP contribution in [0.15, 0.2) is 47.6 Å². The molecule has 3 rings (SSSR count). The second-order valence-corrected chi connectivity index (χ2v) is 7.20. The topological polar surface area (TPSA) is 59.8 Å². The summed E-state index contributed by atoms with van der Waals surface area (Å²) in [5.41, 5.74) is 2.64. The minimum absolute atomic E-state index is 0.0358. The molecule has 140 valence electrons. The van der Waals surface area contributed by atoms with Crippen molar-refractivity contribution in [1.82, 2.24) is 14.8 Å². The lowest BCUT2D eigenvalue weighted by Gasteiger charge is -2.09. The van der Waals surface area contributed by atoms with Crippen LogP contribution in [0.5, 0.6) is 0 Å². The van der Waals surface area contributed by atoms with Gasteiger partial charge in [-0.25, -0.2) is 4.39 Å². The van der Waals surface area contributed by atoms with Crippen molar-refractivity contribution in [3.8, 4) is 5.69 Å². The van der Waals surface area contributed by atoms with Gasteiger partial charge in [-0.1, -0.05) is 42.4 Å². The van der Waals surface area contributed by atoms with Crippen molar-refractivity contribution in [1.29, 1.82) is 0 Å². The largest absolute Gasteiger partial charge is 0.325 e. The molecule has 1 N–H and O–H groups in total. The Kier molecular flexibility index (Phi) is 6.13. The molecule has 5 nitrogen and oxygen atoms in total. The average Bonchev–Trinajstić information content (AvgIpc) is 3.03. The van der Waals surface area contributed by atoms with Crippen molar-refractivity contribution in [2.75, 3.05) is 11.1 Å². The number of rotatable bonds is 6. The first kappa shape index (κ1) is 19.4. The van der Waals surface area contributed by atoms with Crippen LogP contribution in [0.3, 0.4) is 0 Å². The molecule has 0 aliphatic carbocycles. The van der Waals surface area contributed by atoms with E-state index in [2.05, 4.69) is 34.6 Å². The molecular formula is C19H18ClFN4OS. The van der Waals surface area contributed by atoms with E-state index in [-0.39, 0.29) is 16.7 Å². The maximum atomic E-state index is 13.2. The van der Waals surface area contributed by atoms with Crippen LogP contribution >= 0.6 is 23.4 Å². The third-order valence-corrected chi connectivity index (χ3v) is 5.15. The highest BCUT2D eigenvalue weighted by atomic mass is 35.5. The van der Waals surface area contributed by atoms with E-state index in [0.717, 1.165) is 17.9 Å². The van der Waals surface area contributed by atoms with Gasteiger partial charge in [0.1, 0.15) is 11.6 Å². The Balaban J connectivity index is 1.69. The summed E-state index contributed by atoms with van der Waals surface area (Å²) >= 11 is 7.01. The van der Waals surface area contributed by atoms with E-state index in [1.165, 1.54) is 35.5 Å². The van der Waals surface area contributed by atoms with Gasteiger partial charge < -0.3 is 5.32 Å². The lowest BCUT2D eigenvalue weighted by Crippen LogP contribution is -2.14. The van der Waals surface area contributed by atoms with Gasteiger partial charge in [0.2, 0.25) is 5.91 Å². The first-order valence-electron chi connectivity index (χ1n) is 8.37. The number of carbonyl (C=O) groups is 1. The third-order valence-electron chi connectivity index (χ3n) is 3.93. The molecule has 1 amide bonds. The molecule has 0 saturated heterocycles. The molecule has 0 bridgehead atoms. The van der Waals surface area contributed by atoms with Crippen molar-refractivity contribution >= 4 is 35.0 Å². The number of nitrogens with one attached hydrogen (secondary N) is 1. The highest BCUT2D eigenvalue weighted by molar-refractivity contribution is 7.99. The molecule has 0 fully saturated rings. The zero-order valence-corrected chi connectivity index (χ0v) is 16.4. The Morgan fingerprint density at radius 2 is 1.96 bits per heavy atom. The highest BCUT2D eigenvalue weighted by Crippen LogP contribution is 2.23. The molecule has 1 aromatic heterocycles. The number of aryl methyl sites for hydroxylation is 2. The molecule has 0 radical (unpaired) electrons. The molecule has 0 aliphatic heterocycles. The normalized spacial score (nSPS) is 10.8. The number of aromatic nitrogens is 3. The number of hydrogen-bond acceptors (Lipinski definition) is 4. The maximum Gasteiger partial charge on any atom is 0.234 e. The molecule has 0 aliphatic rings. The Labute approximate surface area is 166 Å².